The highest BCUT2D eigenvalue weighted by molar-refractivity contribution is 7.99. The van der Waals surface area contributed by atoms with Crippen LogP contribution in [0.3, 0.4) is 0 Å². The number of aryl methyl sites for hydroxylation is 3. The Morgan fingerprint density at radius 1 is 1.32 bits per heavy atom. The smallest absolute Gasteiger partial charge is 0.251 e. The van der Waals surface area contributed by atoms with E-state index in [-0.39, 0.29) is 17.2 Å². The number of rotatable bonds is 4. The lowest BCUT2D eigenvalue weighted by molar-refractivity contribution is -0.113. The topological polar surface area (TPSA) is 74.8 Å². The van der Waals surface area contributed by atoms with E-state index in [0.717, 1.165) is 11.1 Å². The van der Waals surface area contributed by atoms with E-state index in [1.165, 1.54) is 17.8 Å². The third kappa shape index (κ3) is 4.35. The zero-order valence-electron chi connectivity index (χ0n) is 12.5. The molecule has 0 atom stereocenters. The number of amides is 1. The van der Waals surface area contributed by atoms with Crippen molar-refractivity contribution in [2.75, 3.05) is 11.1 Å². The first-order valence-electron chi connectivity index (χ1n) is 6.62. The number of hydrogen-bond acceptors (Lipinski definition) is 4. The molecule has 1 aromatic heterocycles. The number of H-pyrrole nitrogens is 1. The van der Waals surface area contributed by atoms with Crippen LogP contribution >= 0.6 is 23.4 Å². The van der Waals surface area contributed by atoms with Gasteiger partial charge in [0.25, 0.3) is 5.56 Å². The minimum Gasteiger partial charge on any atom is -0.324 e. The molecule has 0 radical (unpaired) electrons. The average molecular weight is 338 g/mol. The number of nitrogens with zero attached hydrogens (tertiary/aromatic N) is 1. The third-order valence-electron chi connectivity index (χ3n) is 2.88. The highest BCUT2D eigenvalue weighted by atomic mass is 35.5. The number of carbonyl (C=O) groups excluding carboxylic acids is 1. The molecule has 0 aliphatic carbocycles. The Hall–Kier alpha value is -1.79. The Balaban J connectivity index is 2.03. The van der Waals surface area contributed by atoms with Crippen molar-refractivity contribution in [1.29, 1.82) is 0 Å². The number of aromatic amines is 1. The van der Waals surface area contributed by atoms with E-state index >= 15 is 0 Å². The highest BCUT2D eigenvalue weighted by Gasteiger charge is 2.10. The van der Waals surface area contributed by atoms with Gasteiger partial charge in [0.2, 0.25) is 5.91 Å². The van der Waals surface area contributed by atoms with E-state index in [9.17, 15) is 9.59 Å². The predicted molar refractivity (Wildman–Crippen MR) is 89.9 cm³/mol. The van der Waals surface area contributed by atoms with Crippen molar-refractivity contribution in [3.8, 4) is 0 Å². The Morgan fingerprint density at radius 3 is 2.68 bits per heavy atom. The summed E-state index contributed by atoms with van der Waals surface area (Å²) < 4.78 is 0. The van der Waals surface area contributed by atoms with Gasteiger partial charge in [-0.1, -0.05) is 29.4 Å². The van der Waals surface area contributed by atoms with E-state index in [1.807, 2.05) is 19.9 Å². The molecule has 116 valence electrons. The van der Waals surface area contributed by atoms with Gasteiger partial charge in [0.05, 0.1) is 16.5 Å². The predicted octanol–water partition coefficient (Wildman–Crippen LogP) is 3.08. The summed E-state index contributed by atoms with van der Waals surface area (Å²) in [4.78, 5) is 30.1. The van der Waals surface area contributed by atoms with Gasteiger partial charge in [-0.25, -0.2) is 4.98 Å². The van der Waals surface area contributed by atoms with Crippen LogP contribution in [0.5, 0.6) is 0 Å². The maximum Gasteiger partial charge on any atom is 0.251 e. The molecule has 2 rings (SSSR count). The van der Waals surface area contributed by atoms with Crippen molar-refractivity contribution >= 4 is 35.0 Å². The Labute approximate surface area is 137 Å². The van der Waals surface area contributed by atoms with E-state index < -0.39 is 0 Å². The van der Waals surface area contributed by atoms with Crippen molar-refractivity contribution < 1.29 is 4.79 Å². The summed E-state index contributed by atoms with van der Waals surface area (Å²) in [5, 5.41) is 3.73. The minimum atomic E-state index is -0.229. The summed E-state index contributed by atoms with van der Waals surface area (Å²) in [5.41, 5.74) is 2.95. The van der Waals surface area contributed by atoms with Crippen LogP contribution in [0.2, 0.25) is 5.02 Å². The summed E-state index contributed by atoms with van der Waals surface area (Å²) in [7, 11) is 0. The molecule has 2 aromatic rings. The van der Waals surface area contributed by atoms with Crippen LogP contribution in [0.4, 0.5) is 5.69 Å². The fourth-order valence-corrected chi connectivity index (χ4v) is 3.09. The van der Waals surface area contributed by atoms with Gasteiger partial charge in [-0.2, -0.15) is 0 Å². The van der Waals surface area contributed by atoms with E-state index in [2.05, 4.69) is 15.3 Å². The third-order valence-corrected chi connectivity index (χ3v) is 4.06. The molecule has 5 nitrogen and oxygen atoms in total. The van der Waals surface area contributed by atoms with E-state index in [0.29, 0.717) is 21.6 Å². The molecule has 0 unspecified atom stereocenters. The van der Waals surface area contributed by atoms with Crippen molar-refractivity contribution in [1.82, 2.24) is 9.97 Å². The second-order valence-corrected chi connectivity index (χ2v) is 6.34. The molecule has 0 saturated carbocycles. The van der Waals surface area contributed by atoms with Crippen molar-refractivity contribution in [2.24, 2.45) is 0 Å². The SMILES string of the molecule is Cc1cc(C)c(NC(=O)CSc2nc(C)cc(=O)[nH]2)c(Cl)c1. The summed E-state index contributed by atoms with van der Waals surface area (Å²) in [5.74, 6) is -0.0706. The molecule has 0 fully saturated rings. The van der Waals surface area contributed by atoms with Gasteiger partial charge in [-0.05, 0) is 38.0 Å². The number of thioether (sulfide) groups is 1. The van der Waals surface area contributed by atoms with Gasteiger partial charge in [0, 0.05) is 11.8 Å². The molecule has 1 amide bonds. The monoisotopic (exact) mass is 337 g/mol. The quantitative estimate of drug-likeness (QED) is 0.664. The molecule has 0 saturated heterocycles. The maximum atomic E-state index is 12.0. The standard InChI is InChI=1S/C15H16ClN3O2S/c1-8-4-9(2)14(11(16)5-8)18-13(21)7-22-15-17-10(3)6-12(20)19-15/h4-6H,7H2,1-3H3,(H,18,21)(H,17,19,20). The number of hydrogen-bond donors (Lipinski definition) is 2. The fourth-order valence-electron chi connectivity index (χ4n) is 2.00. The molecule has 1 heterocycles. The number of benzene rings is 1. The maximum absolute atomic E-state index is 12.0. The van der Waals surface area contributed by atoms with Crippen molar-refractivity contribution in [2.45, 2.75) is 25.9 Å². The largest absolute Gasteiger partial charge is 0.324 e. The molecular weight excluding hydrogens is 322 g/mol. The first-order chi connectivity index (χ1) is 10.3. The van der Waals surface area contributed by atoms with Gasteiger partial charge in [0.1, 0.15) is 0 Å². The number of aromatic nitrogens is 2. The van der Waals surface area contributed by atoms with Crippen LogP contribution in [0.1, 0.15) is 16.8 Å². The van der Waals surface area contributed by atoms with Crippen LogP contribution < -0.4 is 10.9 Å². The summed E-state index contributed by atoms with van der Waals surface area (Å²) >= 11 is 7.33. The number of halogens is 1. The number of nitrogens with one attached hydrogen (secondary N) is 2. The summed E-state index contributed by atoms with van der Waals surface area (Å²) in [6.45, 7) is 5.57. The lowest BCUT2D eigenvalue weighted by Gasteiger charge is -2.11. The van der Waals surface area contributed by atoms with Gasteiger partial charge >= 0.3 is 0 Å². The molecule has 0 aliphatic heterocycles. The van der Waals surface area contributed by atoms with Gasteiger partial charge in [-0.15, -0.1) is 0 Å². The molecule has 0 spiro atoms. The number of anilines is 1. The van der Waals surface area contributed by atoms with Crippen LogP contribution in [0, 0.1) is 20.8 Å². The second kappa shape index (κ2) is 6.98. The lowest BCUT2D eigenvalue weighted by atomic mass is 10.1. The van der Waals surface area contributed by atoms with Crippen LogP contribution in [-0.4, -0.2) is 21.6 Å². The van der Waals surface area contributed by atoms with Gasteiger partial charge < -0.3 is 10.3 Å². The molecule has 2 N–H and O–H groups in total. The van der Waals surface area contributed by atoms with Crippen LogP contribution in [-0.2, 0) is 4.79 Å². The molecule has 22 heavy (non-hydrogen) atoms. The lowest BCUT2D eigenvalue weighted by Crippen LogP contribution is -2.16. The van der Waals surface area contributed by atoms with E-state index in [1.54, 1.807) is 13.0 Å². The van der Waals surface area contributed by atoms with E-state index in [4.69, 9.17) is 11.6 Å². The Kier molecular flexibility index (Phi) is 5.26. The zero-order valence-corrected chi connectivity index (χ0v) is 14.1. The zero-order chi connectivity index (χ0) is 16.3. The fraction of sp³-hybridized carbons (Fsp3) is 0.267. The Morgan fingerprint density at radius 2 is 2.05 bits per heavy atom. The van der Waals surface area contributed by atoms with Gasteiger partial charge in [0.15, 0.2) is 5.16 Å². The first kappa shape index (κ1) is 16.6. The minimum absolute atomic E-state index is 0.135. The summed E-state index contributed by atoms with van der Waals surface area (Å²) in [6, 6.07) is 5.16. The molecule has 1 aromatic carbocycles. The Bertz CT molecular complexity index is 751. The molecule has 0 aliphatic rings. The van der Waals surface area contributed by atoms with Crippen LogP contribution in [0.25, 0.3) is 0 Å². The van der Waals surface area contributed by atoms with Crippen molar-refractivity contribution in [3.63, 3.8) is 0 Å². The molecule has 7 heteroatoms. The normalized spacial score (nSPS) is 10.5. The first-order valence-corrected chi connectivity index (χ1v) is 7.99. The molecule has 0 bridgehead atoms. The van der Waals surface area contributed by atoms with Gasteiger partial charge in [-0.3, -0.25) is 9.59 Å². The number of carbonyl (C=O) groups is 1. The average Bonchev–Trinajstić information content (AvgIpc) is 2.39. The van der Waals surface area contributed by atoms with Crippen LogP contribution in [0.15, 0.2) is 28.2 Å². The van der Waals surface area contributed by atoms with Crippen molar-refractivity contribution in [3.05, 3.63) is 50.4 Å². The summed E-state index contributed by atoms with van der Waals surface area (Å²) in [6.07, 6.45) is 0. The second-order valence-electron chi connectivity index (χ2n) is 4.97. The highest BCUT2D eigenvalue weighted by Crippen LogP contribution is 2.27. The molecular formula is C15H16ClN3O2S.